The zero-order valence-corrected chi connectivity index (χ0v) is 14.4. The van der Waals surface area contributed by atoms with Crippen molar-refractivity contribution >= 4 is 11.6 Å². The van der Waals surface area contributed by atoms with Crippen LogP contribution in [-0.2, 0) is 0 Å². The molecule has 0 bridgehead atoms. The molecular weight excluding hydrogens is 286 g/mol. The molecular formula is C19H29N3O. The largest absolute Gasteiger partial charge is 0.372 e. The topological polar surface area (TPSA) is 35.6 Å². The third kappa shape index (κ3) is 3.86. The molecule has 0 atom stereocenters. The predicted molar refractivity (Wildman–Crippen MR) is 95.0 cm³/mol. The van der Waals surface area contributed by atoms with Crippen LogP contribution in [0.2, 0.25) is 0 Å². The van der Waals surface area contributed by atoms with E-state index in [4.69, 9.17) is 0 Å². The summed E-state index contributed by atoms with van der Waals surface area (Å²) in [5.74, 6) is 1.91. The van der Waals surface area contributed by atoms with Crippen LogP contribution in [0.3, 0.4) is 0 Å². The molecule has 4 heteroatoms. The van der Waals surface area contributed by atoms with Crippen molar-refractivity contribution < 1.29 is 4.79 Å². The van der Waals surface area contributed by atoms with Gasteiger partial charge in [-0.25, -0.2) is 0 Å². The van der Waals surface area contributed by atoms with Gasteiger partial charge in [-0.1, -0.05) is 0 Å². The number of nitrogens with zero attached hydrogens (tertiary/aromatic N) is 2. The maximum Gasteiger partial charge on any atom is 0.253 e. The van der Waals surface area contributed by atoms with Crippen LogP contribution in [0.5, 0.6) is 0 Å². The Morgan fingerprint density at radius 2 is 1.57 bits per heavy atom. The summed E-state index contributed by atoms with van der Waals surface area (Å²) in [6.07, 6.45) is 5.32. The Labute approximate surface area is 139 Å². The van der Waals surface area contributed by atoms with Crippen LogP contribution in [0.15, 0.2) is 24.3 Å². The molecule has 1 aromatic carbocycles. The van der Waals surface area contributed by atoms with Crippen molar-refractivity contribution in [3.05, 3.63) is 29.8 Å². The number of hydrogen-bond acceptors (Lipinski definition) is 3. The average Bonchev–Trinajstić information content (AvgIpc) is 2.62. The Hall–Kier alpha value is -1.55. The molecule has 2 aliphatic heterocycles. The number of anilines is 1. The highest BCUT2D eigenvalue weighted by Crippen LogP contribution is 2.32. The molecule has 4 nitrogen and oxygen atoms in total. The second-order valence-electron chi connectivity index (χ2n) is 7.16. The van der Waals surface area contributed by atoms with Crippen LogP contribution in [0.1, 0.15) is 36.0 Å². The van der Waals surface area contributed by atoms with Crippen molar-refractivity contribution in [3.63, 3.8) is 0 Å². The van der Waals surface area contributed by atoms with Crippen molar-refractivity contribution in [1.29, 1.82) is 0 Å². The summed E-state index contributed by atoms with van der Waals surface area (Å²) in [5, 5.41) is 3.47. The summed E-state index contributed by atoms with van der Waals surface area (Å²) < 4.78 is 0. The van der Waals surface area contributed by atoms with Gasteiger partial charge in [-0.05, 0) is 74.9 Å². The van der Waals surface area contributed by atoms with Gasteiger partial charge in [-0.15, -0.1) is 0 Å². The molecule has 0 saturated carbocycles. The first-order valence-corrected chi connectivity index (χ1v) is 8.92. The number of nitrogens with one attached hydrogen (secondary N) is 1. The molecule has 2 aliphatic rings. The summed E-state index contributed by atoms with van der Waals surface area (Å²) in [4.78, 5) is 16.1. The molecule has 1 N–H and O–H groups in total. The molecule has 1 amide bonds. The van der Waals surface area contributed by atoms with Gasteiger partial charge >= 0.3 is 0 Å². The zero-order valence-electron chi connectivity index (χ0n) is 14.4. The lowest BCUT2D eigenvalue weighted by molar-refractivity contribution is 0.0827. The van der Waals surface area contributed by atoms with Gasteiger partial charge in [0.25, 0.3) is 5.91 Å². The van der Waals surface area contributed by atoms with Gasteiger partial charge in [0.1, 0.15) is 0 Å². The second-order valence-corrected chi connectivity index (χ2v) is 7.16. The van der Waals surface area contributed by atoms with Crippen molar-refractivity contribution in [2.24, 2.45) is 11.8 Å². The third-order valence-corrected chi connectivity index (χ3v) is 5.48. The molecule has 1 aromatic rings. The van der Waals surface area contributed by atoms with E-state index in [0.717, 1.165) is 30.5 Å². The van der Waals surface area contributed by atoms with Crippen LogP contribution < -0.4 is 10.2 Å². The summed E-state index contributed by atoms with van der Waals surface area (Å²) >= 11 is 0. The van der Waals surface area contributed by atoms with Crippen molar-refractivity contribution in [2.45, 2.75) is 25.7 Å². The highest BCUT2D eigenvalue weighted by atomic mass is 16.2. The maximum atomic E-state index is 12.0. The summed E-state index contributed by atoms with van der Waals surface area (Å²) in [7, 11) is 3.59. The molecule has 3 rings (SSSR count). The molecule has 0 spiro atoms. The van der Waals surface area contributed by atoms with Crippen LogP contribution in [0.25, 0.3) is 0 Å². The monoisotopic (exact) mass is 315 g/mol. The lowest BCUT2D eigenvalue weighted by atomic mass is 9.79. The average molecular weight is 315 g/mol. The van der Waals surface area contributed by atoms with Crippen molar-refractivity contribution in [2.75, 3.05) is 45.2 Å². The number of piperidine rings is 2. The quantitative estimate of drug-likeness (QED) is 0.931. The SMILES string of the molecule is CN(C)C(=O)c1ccc(N2CCC(C3CCNCC3)CC2)cc1. The minimum Gasteiger partial charge on any atom is -0.372 e. The molecule has 2 saturated heterocycles. The standard InChI is InChI=1S/C19H29N3O/c1-21(2)19(23)17-3-5-18(6-4-17)22-13-9-16(10-14-22)15-7-11-20-12-8-15/h3-6,15-16,20H,7-14H2,1-2H3. The lowest BCUT2D eigenvalue weighted by Gasteiger charge is -2.38. The number of hydrogen-bond donors (Lipinski definition) is 1. The summed E-state index contributed by atoms with van der Waals surface area (Å²) in [6, 6.07) is 8.11. The fourth-order valence-electron chi connectivity index (χ4n) is 4.02. The second kappa shape index (κ2) is 7.35. The molecule has 126 valence electrons. The van der Waals surface area contributed by atoms with Gasteiger partial charge < -0.3 is 15.1 Å². The Bertz CT molecular complexity index is 512. The number of benzene rings is 1. The van der Waals surface area contributed by atoms with Gasteiger partial charge in [0, 0.05) is 38.4 Å². The highest BCUT2D eigenvalue weighted by molar-refractivity contribution is 5.94. The number of carbonyl (C=O) groups excluding carboxylic acids is 1. The molecule has 0 unspecified atom stereocenters. The van der Waals surface area contributed by atoms with Gasteiger partial charge in [-0.2, -0.15) is 0 Å². The Morgan fingerprint density at radius 1 is 1.00 bits per heavy atom. The van der Waals surface area contributed by atoms with Crippen LogP contribution >= 0.6 is 0 Å². The fourth-order valence-corrected chi connectivity index (χ4v) is 4.02. The zero-order chi connectivity index (χ0) is 16.2. The van der Waals surface area contributed by atoms with E-state index in [-0.39, 0.29) is 5.91 Å². The fraction of sp³-hybridized carbons (Fsp3) is 0.632. The van der Waals surface area contributed by atoms with E-state index >= 15 is 0 Å². The van der Waals surface area contributed by atoms with Crippen LogP contribution in [-0.4, -0.2) is 51.1 Å². The highest BCUT2D eigenvalue weighted by Gasteiger charge is 2.27. The minimum absolute atomic E-state index is 0.0705. The van der Waals surface area contributed by atoms with E-state index in [1.54, 1.807) is 19.0 Å². The molecule has 2 fully saturated rings. The van der Waals surface area contributed by atoms with Crippen molar-refractivity contribution in [1.82, 2.24) is 10.2 Å². The summed E-state index contributed by atoms with van der Waals surface area (Å²) in [6.45, 7) is 4.70. The van der Waals surface area contributed by atoms with Gasteiger partial charge in [0.2, 0.25) is 0 Å². The van der Waals surface area contributed by atoms with Gasteiger partial charge in [-0.3, -0.25) is 4.79 Å². The molecule has 23 heavy (non-hydrogen) atoms. The lowest BCUT2D eigenvalue weighted by Crippen LogP contribution is -2.39. The van der Waals surface area contributed by atoms with E-state index in [1.807, 2.05) is 12.1 Å². The third-order valence-electron chi connectivity index (χ3n) is 5.48. The molecule has 0 aliphatic carbocycles. The number of amides is 1. The smallest absolute Gasteiger partial charge is 0.253 e. The first-order valence-electron chi connectivity index (χ1n) is 8.92. The Balaban J connectivity index is 1.56. The van der Waals surface area contributed by atoms with E-state index in [1.165, 1.54) is 44.5 Å². The maximum absolute atomic E-state index is 12.0. The molecule has 0 radical (unpaired) electrons. The Kier molecular flexibility index (Phi) is 5.21. The molecule has 2 heterocycles. The first kappa shape index (κ1) is 16.3. The summed E-state index contributed by atoms with van der Waals surface area (Å²) in [5.41, 5.74) is 2.02. The van der Waals surface area contributed by atoms with Gasteiger partial charge in [0.15, 0.2) is 0 Å². The van der Waals surface area contributed by atoms with E-state index in [2.05, 4.69) is 22.3 Å². The van der Waals surface area contributed by atoms with Crippen LogP contribution in [0.4, 0.5) is 5.69 Å². The van der Waals surface area contributed by atoms with E-state index in [0.29, 0.717) is 0 Å². The normalized spacial score (nSPS) is 20.5. The number of rotatable bonds is 3. The van der Waals surface area contributed by atoms with E-state index < -0.39 is 0 Å². The van der Waals surface area contributed by atoms with Crippen molar-refractivity contribution in [3.8, 4) is 0 Å². The predicted octanol–water partition coefficient (Wildman–Crippen LogP) is 2.60. The van der Waals surface area contributed by atoms with E-state index in [9.17, 15) is 4.79 Å². The Morgan fingerprint density at radius 3 is 2.13 bits per heavy atom. The first-order chi connectivity index (χ1) is 11.1. The minimum atomic E-state index is 0.0705. The number of carbonyl (C=O) groups is 1. The molecule has 0 aromatic heterocycles. The van der Waals surface area contributed by atoms with Gasteiger partial charge in [0.05, 0.1) is 0 Å². The van der Waals surface area contributed by atoms with Crippen LogP contribution in [0, 0.1) is 11.8 Å².